The van der Waals surface area contributed by atoms with E-state index < -0.39 is 97.5 Å². The van der Waals surface area contributed by atoms with E-state index in [0.717, 1.165) is 102 Å². The molecule has 0 saturated heterocycles. The van der Waals surface area contributed by atoms with Crippen LogP contribution >= 0.6 is 15.6 Å². The smallest absolute Gasteiger partial charge is 0.462 e. The monoisotopic (exact) mass is 1310 g/mol. The fourth-order valence-electron chi connectivity index (χ4n) is 10.5. The molecule has 0 aliphatic rings. The van der Waals surface area contributed by atoms with Gasteiger partial charge in [0.25, 0.3) is 0 Å². The van der Waals surface area contributed by atoms with Crippen molar-refractivity contribution in [1.29, 1.82) is 0 Å². The molecular weight excluding hydrogens is 1170 g/mol. The highest BCUT2D eigenvalue weighted by atomic mass is 31.2. The summed E-state index contributed by atoms with van der Waals surface area (Å²) >= 11 is 0. The first kappa shape index (κ1) is 87.1. The molecule has 19 heteroatoms. The van der Waals surface area contributed by atoms with Gasteiger partial charge >= 0.3 is 39.5 Å². The molecule has 89 heavy (non-hydrogen) atoms. The molecule has 0 aromatic heterocycles. The summed E-state index contributed by atoms with van der Waals surface area (Å²) in [5.74, 6) is 0.0437. The Hall–Kier alpha value is -1.94. The lowest BCUT2D eigenvalue weighted by Gasteiger charge is -2.21. The van der Waals surface area contributed by atoms with Crippen molar-refractivity contribution in [1.82, 2.24) is 0 Å². The lowest BCUT2D eigenvalue weighted by molar-refractivity contribution is -0.161. The number of hydrogen-bond acceptors (Lipinski definition) is 15. The number of esters is 4. The number of carbonyl (C=O) groups is 4. The lowest BCUT2D eigenvalue weighted by Crippen LogP contribution is -2.30. The fraction of sp³-hybridized carbons (Fsp3) is 0.943. The van der Waals surface area contributed by atoms with E-state index in [2.05, 4.69) is 48.5 Å². The van der Waals surface area contributed by atoms with Gasteiger partial charge in [0.15, 0.2) is 12.2 Å². The third kappa shape index (κ3) is 64.6. The number of ether oxygens (including phenoxy) is 4. The number of aliphatic hydroxyl groups is 1. The van der Waals surface area contributed by atoms with Crippen LogP contribution in [0.2, 0.25) is 0 Å². The molecule has 0 fully saturated rings. The van der Waals surface area contributed by atoms with Crippen LogP contribution in [0.4, 0.5) is 0 Å². The largest absolute Gasteiger partial charge is 0.472 e. The predicted molar refractivity (Wildman–Crippen MR) is 358 cm³/mol. The second kappa shape index (κ2) is 61.0. The summed E-state index contributed by atoms with van der Waals surface area (Å²) in [6, 6.07) is 0. The SMILES string of the molecule is CCCCCCCCCCCCCCCCCC(=O)O[C@H](COC(=O)CCCCCCCCCCCCCC(C)C)COP(=O)(O)OC[C@@H](O)COP(=O)(O)OC[C@@H](COC(=O)CCCCCCCCCC(C)C)OC(=O)CCCCCCCCCC(C)C. The average Bonchev–Trinajstić information content (AvgIpc) is 3.58. The fourth-order valence-corrected chi connectivity index (χ4v) is 12.1. The topological polar surface area (TPSA) is 237 Å². The molecule has 3 N–H and O–H groups in total. The number of unbranched alkanes of at least 4 members (excludes halogenated alkanes) is 36. The lowest BCUT2D eigenvalue weighted by atomic mass is 10.0. The van der Waals surface area contributed by atoms with Gasteiger partial charge in [0.1, 0.15) is 19.3 Å². The van der Waals surface area contributed by atoms with Gasteiger partial charge < -0.3 is 33.8 Å². The summed E-state index contributed by atoms with van der Waals surface area (Å²) in [4.78, 5) is 72.5. The van der Waals surface area contributed by atoms with Crippen molar-refractivity contribution in [3.8, 4) is 0 Å². The van der Waals surface area contributed by atoms with Gasteiger partial charge in [0, 0.05) is 25.7 Å². The van der Waals surface area contributed by atoms with E-state index in [9.17, 15) is 43.2 Å². The van der Waals surface area contributed by atoms with Crippen LogP contribution in [0.3, 0.4) is 0 Å². The molecule has 0 spiro atoms. The number of carbonyl (C=O) groups excluding carboxylic acids is 4. The summed E-state index contributed by atoms with van der Waals surface area (Å²) in [5.41, 5.74) is 0. The quantitative estimate of drug-likeness (QED) is 0.0222. The first-order chi connectivity index (χ1) is 42.7. The molecule has 0 bridgehead atoms. The maximum atomic E-state index is 13.0. The number of rotatable bonds is 68. The van der Waals surface area contributed by atoms with E-state index in [-0.39, 0.29) is 25.7 Å². The second-order valence-electron chi connectivity index (χ2n) is 26.7. The molecule has 0 aliphatic heterocycles. The molecule has 0 amide bonds. The first-order valence-corrected chi connectivity index (χ1v) is 39.3. The minimum atomic E-state index is -4.95. The number of phosphoric acid groups is 2. The van der Waals surface area contributed by atoms with Crippen LogP contribution in [-0.2, 0) is 65.4 Å². The van der Waals surface area contributed by atoms with Crippen molar-refractivity contribution in [3.05, 3.63) is 0 Å². The van der Waals surface area contributed by atoms with Gasteiger partial charge in [0.05, 0.1) is 26.4 Å². The highest BCUT2D eigenvalue weighted by Crippen LogP contribution is 2.45. The Kier molecular flexibility index (Phi) is 59.6. The Balaban J connectivity index is 5.24. The molecule has 2 unspecified atom stereocenters. The van der Waals surface area contributed by atoms with Crippen molar-refractivity contribution < 1.29 is 80.2 Å². The van der Waals surface area contributed by atoms with Crippen molar-refractivity contribution in [2.45, 2.75) is 369 Å². The molecule has 0 saturated carbocycles. The molecule has 0 aliphatic carbocycles. The van der Waals surface area contributed by atoms with Gasteiger partial charge in [-0.3, -0.25) is 37.3 Å². The van der Waals surface area contributed by atoms with Crippen LogP contribution in [0.5, 0.6) is 0 Å². The second-order valence-corrected chi connectivity index (χ2v) is 29.6. The predicted octanol–water partition coefficient (Wildman–Crippen LogP) is 19.8. The Morgan fingerprint density at radius 2 is 0.517 bits per heavy atom. The maximum absolute atomic E-state index is 13.0. The molecule has 528 valence electrons. The van der Waals surface area contributed by atoms with Crippen LogP contribution < -0.4 is 0 Å². The molecule has 0 rings (SSSR count). The van der Waals surface area contributed by atoms with Crippen LogP contribution in [0.1, 0.15) is 350 Å². The van der Waals surface area contributed by atoms with Gasteiger partial charge in [-0.2, -0.15) is 0 Å². The molecule has 0 aromatic rings. The van der Waals surface area contributed by atoms with Crippen LogP contribution in [-0.4, -0.2) is 96.7 Å². The van der Waals surface area contributed by atoms with Gasteiger partial charge in [-0.15, -0.1) is 0 Å². The summed E-state index contributed by atoms with van der Waals surface area (Å²) in [6.07, 6.45) is 44.6. The van der Waals surface area contributed by atoms with Gasteiger partial charge in [-0.25, -0.2) is 9.13 Å². The molecule has 0 radical (unpaired) electrons. The van der Waals surface area contributed by atoms with Crippen LogP contribution in [0.15, 0.2) is 0 Å². The summed E-state index contributed by atoms with van der Waals surface area (Å²) in [7, 11) is -9.90. The number of hydrogen-bond donors (Lipinski definition) is 3. The average molecular weight is 1310 g/mol. The van der Waals surface area contributed by atoms with Crippen molar-refractivity contribution >= 4 is 39.5 Å². The number of aliphatic hydroxyl groups excluding tert-OH is 1. The Morgan fingerprint density at radius 3 is 0.764 bits per heavy atom. The zero-order valence-corrected chi connectivity index (χ0v) is 59.7. The first-order valence-electron chi connectivity index (χ1n) is 36.3. The number of phosphoric ester groups is 2. The summed E-state index contributed by atoms with van der Waals surface area (Å²) < 4.78 is 68.2. The van der Waals surface area contributed by atoms with E-state index in [0.29, 0.717) is 37.5 Å². The third-order valence-electron chi connectivity index (χ3n) is 16.1. The third-order valence-corrected chi connectivity index (χ3v) is 18.0. The minimum absolute atomic E-state index is 0.102. The molecule has 0 heterocycles. The Bertz CT molecular complexity index is 1750. The van der Waals surface area contributed by atoms with Crippen LogP contribution in [0.25, 0.3) is 0 Å². The summed E-state index contributed by atoms with van der Waals surface area (Å²) in [5, 5.41) is 10.6. The van der Waals surface area contributed by atoms with E-state index in [1.807, 2.05) is 0 Å². The van der Waals surface area contributed by atoms with E-state index in [4.69, 9.17) is 37.0 Å². The van der Waals surface area contributed by atoms with Gasteiger partial charge in [0.2, 0.25) is 0 Å². The van der Waals surface area contributed by atoms with Gasteiger partial charge in [-0.05, 0) is 43.4 Å². The Morgan fingerprint density at radius 1 is 0.303 bits per heavy atom. The Labute approximate surface area is 543 Å². The molecular formula is C70H136O17P2. The molecule has 0 aromatic carbocycles. The molecule has 17 nitrogen and oxygen atoms in total. The highest BCUT2D eigenvalue weighted by Gasteiger charge is 2.30. The maximum Gasteiger partial charge on any atom is 0.472 e. The normalized spacial score (nSPS) is 14.2. The molecule has 5 atom stereocenters. The summed E-state index contributed by atoms with van der Waals surface area (Å²) in [6.45, 7) is 11.7. The van der Waals surface area contributed by atoms with Gasteiger partial charge in [-0.1, -0.05) is 299 Å². The van der Waals surface area contributed by atoms with E-state index in [1.165, 1.54) is 154 Å². The van der Waals surface area contributed by atoms with E-state index >= 15 is 0 Å². The van der Waals surface area contributed by atoms with Crippen LogP contribution in [0, 0.1) is 17.8 Å². The highest BCUT2D eigenvalue weighted by molar-refractivity contribution is 7.47. The zero-order valence-electron chi connectivity index (χ0n) is 57.9. The van der Waals surface area contributed by atoms with E-state index in [1.54, 1.807) is 0 Å². The standard InChI is InChI=1S/C70H136O17P2/c1-8-9-10-11-12-13-14-15-16-17-20-24-31-39-46-53-69(74)86-65(57-80-67(72)51-44-37-30-23-21-18-19-22-27-34-41-48-61(2)3)59-84-88(76,77)82-55-64(71)56-83-89(78,79)85-60-66(87-70(75)54-47-40-33-26-29-36-43-50-63(6)7)58-81-68(73)52-45-38-32-25-28-35-42-49-62(4)5/h61-66,71H,8-60H2,1-7H3,(H,76,77)(H,78,79)/t64-,65-,66-/m1/s1. The van der Waals surface area contributed by atoms with Crippen molar-refractivity contribution in [2.75, 3.05) is 39.6 Å². The minimum Gasteiger partial charge on any atom is -0.462 e. The van der Waals surface area contributed by atoms with Crippen molar-refractivity contribution in [2.24, 2.45) is 17.8 Å². The van der Waals surface area contributed by atoms with Crippen molar-refractivity contribution in [3.63, 3.8) is 0 Å². The zero-order chi connectivity index (χ0) is 65.9.